The summed E-state index contributed by atoms with van der Waals surface area (Å²) in [6, 6.07) is 9.24. The number of hydrogen-bond donors (Lipinski definition) is 0. The fraction of sp³-hybridized carbons (Fsp3) is 0.400. The molecule has 1 aliphatic carbocycles. The van der Waals surface area contributed by atoms with Crippen LogP contribution in [0.2, 0.25) is 5.82 Å². The van der Waals surface area contributed by atoms with Gasteiger partial charge >= 0.3 is 6.98 Å². The maximum Gasteiger partial charge on any atom is 0.483 e. The van der Waals surface area contributed by atoms with E-state index in [4.69, 9.17) is 4.74 Å². The molecule has 0 bridgehead atoms. The molecule has 1 aromatic rings. The Morgan fingerprint density at radius 2 is 1.87 bits per heavy atom. The highest BCUT2D eigenvalue weighted by atomic mass is 19.4. The van der Waals surface area contributed by atoms with Crippen molar-refractivity contribution in [3.05, 3.63) is 35.9 Å². The average Bonchev–Trinajstić information content (AvgIpc) is 2.95. The lowest BCUT2D eigenvalue weighted by atomic mass is 9.83. The van der Waals surface area contributed by atoms with Gasteiger partial charge in [0.1, 0.15) is 0 Å². The lowest BCUT2D eigenvalue weighted by Gasteiger charge is -2.12. The molecule has 0 radical (unpaired) electrons. The molecule has 1 fully saturated rings. The molecule has 1 nitrogen and oxygen atoms in total. The molecule has 0 aromatic heterocycles. The van der Waals surface area contributed by atoms with Crippen LogP contribution in [0.4, 0.5) is 12.9 Å². The van der Waals surface area contributed by atoms with Crippen molar-refractivity contribution >= 4 is 6.98 Å². The van der Waals surface area contributed by atoms with E-state index in [1.54, 1.807) is 0 Å². The van der Waals surface area contributed by atoms with Crippen LogP contribution < -0.4 is 0 Å². The van der Waals surface area contributed by atoms with Crippen LogP contribution in [-0.2, 0) is 11.3 Å². The molecule has 0 heterocycles. The first-order chi connectivity index (χ1) is 7.07. The van der Waals surface area contributed by atoms with Crippen LogP contribution in [0.15, 0.2) is 30.3 Å². The number of benzene rings is 1. The Balaban J connectivity index is 1.78. The zero-order valence-electron chi connectivity index (χ0n) is 8.08. The summed E-state index contributed by atoms with van der Waals surface area (Å²) in [5.74, 6) is -1.19. The van der Waals surface area contributed by atoms with Gasteiger partial charge in [-0.25, -0.2) is 0 Å². The minimum atomic E-state index is -4.71. The minimum absolute atomic E-state index is 0.135. The Labute approximate surface area is 86.3 Å². The molecular formula is C10H11BF3O-. The molecule has 0 spiro atoms. The van der Waals surface area contributed by atoms with E-state index in [1.165, 1.54) is 0 Å². The van der Waals surface area contributed by atoms with Gasteiger partial charge in [0.25, 0.3) is 0 Å². The largest absolute Gasteiger partial charge is 0.483 e. The third-order valence-corrected chi connectivity index (χ3v) is 2.57. The van der Waals surface area contributed by atoms with Crippen LogP contribution in [0.5, 0.6) is 0 Å². The summed E-state index contributed by atoms with van der Waals surface area (Å²) in [6.45, 7) is -4.43. The first-order valence-corrected chi connectivity index (χ1v) is 4.93. The van der Waals surface area contributed by atoms with Crippen LogP contribution in [0.25, 0.3) is 0 Å². The molecule has 0 unspecified atom stereocenters. The van der Waals surface area contributed by atoms with Gasteiger partial charge in [0.05, 0.1) is 6.61 Å². The molecular weight excluding hydrogens is 204 g/mol. The van der Waals surface area contributed by atoms with Gasteiger partial charge in [0.2, 0.25) is 0 Å². The maximum absolute atomic E-state index is 12.2. The van der Waals surface area contributed by atoms with E-state index < -0.39 is 18.9 Å². The summed E-state index contributed by atoms with van der Waals surface area (Å²) in [5, 5.41) is 0. The highest BCUT2D eigenvalue weighted by Crippen LogP contribution is 2.49. The minimum Gasteiger partial charge on any atom is -0.449 e. The second-order valence-electron chi connectivity index (χ2n) is 3.86. The summed E-state index contributed by atoms with van der Waals surface area (Å²) < 4.78 is 41.8. The summed E-state index contributed by atoms with van der Waals surface area (Å²) in [6.07, 6.45) is -0.471. The summed E-state index contributed by atoms with van der Waals surface area (Å²) in [4.78, 5) is 0. The zero-order chi connectivity index (χ0) is 10.9. The molecule has 0 N–H and O–H groups in total. The Morgan fingerprint density at radius 3 is 2.40 bits per heavy atom. The fourth-order valence-corrected chi connectivity index (χ4v) is 1.56. The molecule has 1 saturated carbocycles. The standard InChI is InChI=1S/C10H11BF3O/c12-11(13,14)9-6-10(9)15-7-8-4-2-1-3-5-8/h1-5,9-10H,6-7H2/q-1/t9-,10-/m1/s1. The smallest absolute Gasteiger partial charge is 0.449 e. The number of ether oxygens (including phenoxy) is 1. The van der Waals surface area contributed by atoms with Crippen LogP contribution in [-0.4, -0.2) is 13.1 Å². The first-order valence-electron chi connectivity index (χ1n) is 4.93. The number of rotatable bonds is 4. The summed E-state index contributed by atoms with van der Waals surface area (Å²) in [7, 11) is 0. The Bertz CT molecular complexity index is 325. The number of hydrogen-bond acceptors (Lipinski definition) is 1. The van der Waals surface area contributed by atoms with Crippen LogP contribution in [0, 0.1) is 0 Å². The van der Waals surface area contributed by atoms with E-state index in [-0.39, 0.29) is 13.0 Å². The third-order valence-electron chi connectivity index (χ3n) is 2.57. The lowest BCUT2D eigenvalue weighted by molar-refractivity contribution is 0.103. The van der Waals surface area contributed by atoms with Gasteiger partial charge in [-0.1, -0.05) is 30.3 Å². The predicted octanol–water partition coefficient (Wildman–Crippen LogP) is 3.19. The van der Waals surface area contributed by atoms with Crippen molar-refractivity contribution in [3.8, 4) is 0 Å². The van der Waals surface area contributed by atoms with E-state index in [1.807, 2.05) is 30.3 Å². The normalized spacial score (nSPS) is 25.3. The van der Waals surface area contributed by atoms with E-state index in [0.29, 0.717) is 0 Å². The van der Waals surface area contributed by atoms with Crippen molar-refractivity contribution in [3.63, 3.8) is 0 Å². The first kappa shape index (κ1) is 10.5. The van der Waals surface area contributed by atoms with E-state index >= 15 is 0 Å². The van der Waals surface area contributed by atoms with Crippen molar-refractivity contribution in [2.75, 3.05) is 0 Å². The molecule has 0 saturated heterocycles. The van der Waals surface area contributed by atoms with Gasteiger partial charge in [0.15, 0.2) is 0 Å². The van der Waals surface area contributed by atoms with E-state index in [2.05, 4.69) is 0 Å². The van der Waals surface area contributed by atoms with Gasteiger partial charge in [-0.15, -0.1) is 0 Å². The van der Waals surface area contributed by atoms with Crippen LogP contribution in [0.3, 0.4) is 0 Å². The van der Waals surface area contributed by atoms with Crippen LogP contribution >= 0.6 is 0 Å². The Hall–Kier alpha value is -0.965. The summed E-state index contributed by atoms with van der Waals surface area (Å²) in [5.41, 5.74) is 0.915. The molecule has 2 rings (SSSR count). The van der Waals surface area contributed by atoms with Gasteiger partial charge in [-0.3, -0.25) is 0 Å². The number of halogens is 3. The van der Waals surface area contributed by atoms with Crippen LogP contribution in [0.1, 0.15) is 12.0 Å². The summed E-state index contributed by atoms with van der Waals surface area (Å²) >= 11 is 0. The Kier molecular flexibility index (Phi) is 2.73. The Morgan fingerprint density at radius 1 is 1.20 bits per heavy atom. The monoisotopic (exact) mass is 215 g/mol. The van der Waals surface area contributed by atoms with E-state index in [9.17, 15) is 12.9 Å². The molecule has 2 atom stereocenters. The van der Waals surface area contributed by atoms with Gasteiger partial charge in [0, 0.05) is 6.10 Å². The van der Waals surface area contributed by atoms with Gasteiger partial charge in [-0.2, -0.15) is 0 Å². The molecule has 82 valence electrons. The molecule has 1 aromatic carbocycles. The zero-order valence-corrected chi connectivity index (χ0v) is 8.08. The predicted molar refractivity (Wildman–Crippen MR) is 52.5 cm³/mol. The molecule has 1 aliphatic rings. The van der Waals surface area contributed by atoms with Crippen molar-refractivity contribution in [2.45, 2.75) is 24.9 Å². The SMILES string of the molecule is F[B-](F)(F)[C@@H]1C[C@H]1OCc1ccccc1. The maximum atomic E-state index is 12.2. The second kappa shape index (κ2) is 3.89. The highest BCUT2D eigenvalue weighted by Gasteiger charge is 2.51. The highest BCUT2D eigenvalue weighted by molar-refractivity contribution is 6.61. The average molecular weight is 215 g/mol. The topological polar surface area (TPSA) is 9.23 Å². The molecule has 5 heteroatoms. The van der Waals surface area contributed by atoms with E-state index in [0.717, 1.165) is 5.56 Å². The van der Waals surface area contributed by atoms with Gasteiger partial charge in [-0.05, 0) is 17.8 Å². The van der Waals surface area contributed by atoms with Crippen molar-refractivity contribution < 1.29 is 17.7 Å². The van der Waals surface area contributed by atoms with Crippen molar-refractivity contribution in [1.29, 1.82) is 0 Å². The van der Waals surface area contributed by atoms with Gasteiger partial charge < -0.3 is 17.7 Å². The molecule has 0 amide bonds. The molecule has 15 heavy (non-hydrogen) atoms. The second-order valence-corrected chi connectivity index (χ2v) is 3.86. The van der Waals surface area contributed by atoms with Crippen molar-refractivity contribution in [1.82, 2.24) is 0 Å². The quantitative estimate of drug-likeness (QED) is 0.700. The lowest BCUT2D eigenvalue weighted by Crippen LogP contribution is -2.17. The third kappa shape index (κ3) is 2.75. The van der Waals surface area contributed by atoms with Crippen molar-refractivity contribution in [2.24, 2.45) is 0 Å². The fourth-order valence-electron chi connectivity index (χ4n) is 1.56. The molecule has 0 aliphatic heterocycles.